The Kier molecular flexibility index (Phi) is 5.77. The molecule has 1 aliphatic rings. The van der Waals surface area contributed by atoms with Crippen LogP contribution in [0.3, 0.4) is 0 Å². The summed E-state index contributed by atoms with van der Waals surface area (Å²) >= 11 is 12.5. The third kappa shape index (κ3) is 3.92. The zero-order valence-corrected chi connectivity index (χ0v) is 14.8. The topological polar surface area (TPSA) is 41.1 Å². The maximum absolute atomic E-state index is 12.7. The number of halogens is 2. The van der Waals surface area contributed by atoms with Crippen LogP contribution in [0.2, 0.25) is 10.0 Å². The zero-order valence-electron chi connectivity index (χ0n) is 13.3. The van der Waals surface area contributed by atoms with E-state index in [1.165, 1.54) is 0 Å². The van der Waals surface area contributed by atoms with Crippen molar-refractivity contribution in [3.05, 3.63) is 58.1 Å². The molecule has 1 aliphatic heterocycles. The van der Waals surface area contributed by atoms with E-state index in [0.29, 0.717) is 28.1 Å². The van der Waals surface area contributed by atoms with Crippen LogP contribution in [0, 0.1) is 5.92 Å². The molecule has 1 saturated heterocycles. The normalized spacial score (nSPS) is 15.2. The van der Waals surface area contributed by atoms with E-state index in [2.05, 4.69) is 10.6 Å². The van der Waals surface area contributed by atoms with E-state index in [0.717, 1.165) is 37.1 Å². The average Bonchev–Trinajstić information content (AvgIpc) is 2.63. The second-order valence-electron chi connectivity index (χ2n) is 6.05. The Hall–Kier alpha value is -1.55. The summed E-state index contributed by atoms with van der Waals surface area (Å²) in [7, 11) is 0. The standard InChI is InChI=1S/C19H20Cl2N2O/c20-17-7-3-6-15(18(17)21)14-4-1-2-5-16(14)19(24)23-12-13-8-10-22-11-9-13/h1-7,13,22H,8-12H2,(H,23,24). The fourth-order valence-electron chi connectivity index (χ4n) is 3.05. The number of benzene rings is 2. The van der Waals surface area contributed by atoms with Crippen molar-refractivity contribution < 1.29 is 4.79 Å². The van der Waals surface area contributed by atoms with Gasteiger partial charge in [-0.15, -0.1) is 0 Å². The molecule has 24 heavy (non-hydrogen) atoms. The molecular formula is C19H20Cl2N2O. The lowest BCUT2D eigenvalue weighted by Crippen LogP contribution is -2.36. The van der Waals surface area contributed by atoms with E-state index >= 15 is 0 Å². The molecule has 2 aromatic carbocycles. The molecule has 126 valence electrons. The molecule has 0 spiro atoms. The second kappa shape index (κ2) is 8.02. The van der Waals surface area contributed by atoms with E-state index in [4.69, 9.17) is 23.2 Å². The molecule has 1 fully saturated rings. The lowest BCUT2D eigenvalue weighted by atomic mass is 9.97. The molecule has 3 rings (SSSR count). The van der Waals surface area contributed by atoms with Gasteiger partial charge in [0.2, 0.25) is 0 Å². The van der Waals surface area contributed by atoms with Gasteiger partial charge in [-0.1, -0.05) is 53.5 Å². The highest BCUT2D eigenvalue weighted by Crippen LogP contribution is 2.35. The van der Waals surface area contributed by atoms with Crippen molar-refractivity contribution in [2.45, 2.75) is 12.8 Å². The lowest BCUT2D eigenvalue weighted by Gasteiger charge is -2.23. The maximum Gasteiger partial charge on any atom is 0.251 e. The Morgan fingerprint density at radius 1 is 1.04 bits per heavy atom. The summed E-state index contributed by atoms with van der Waals surface area (Å²) < 4.78 is 0. The average molecular weight is 363 g/mol. The van der Waals surface area contributed by atoms with Gasteiger partial charge < -0.3 is 10.6 Å². The summed E-state index contributed by atoms with van der Waals surface area (Å²) in [6, 6.07) is 13.0. The number of rotatable bonds is 4. The van der Waals surface area contributed by atoms with Gasteiger partial charge in [-0.2, -0.15) is 0 Å². The second-order valence-corrected chi connectivity index (χ2v) is 6.84. The van der Waals surface area contributed by atoms with E-state index < -0.39 is 0 Å². The van der Waals surface area contributed by atoms with Crippen LogP contribution in [0.15, 0.2) is 42.5 Å². The van der Waals surface area contributed by atoms with E-state index in [1.54, 1.807) is 6.07 Å². The molecule has 0 bridgehead atoms. The Morgan fingerprint density at radius 2 is 1.75 bits per heavy atom. The van der Waals surface area contributed by atoms with Crippen LogP contribution >= 0.6 is 23.2 Å². The fourth-order valence-corrected chi connectivity index (χ4v) is 3.45. The smallest absolute Gasteiger partial charge is 0.251 e. The molecule has 5 heteroatoms. The molecule has 0 aromatic heterocycles. The highest BCUT2D eigenvalue weighted by Gasteiger charge is 2.18. The first-order valence-electron chi connectivity index (χ1n) is 8.19. The van der Waals surface area contributed by atoms with Gasteiger partial charge in [-0.25, -0.2) is 0 Å². The number of carbonyl (C=O) groups is 1. The number of carbonyl (C=O) groups excluding carboxylic acids is 1. The summed E-state index contributed by atoms with van der Waals surface area (Å²) in [6.07, 6.45) is 2.20. The fraction of sp³-hybridized carbons (Fsp3) is 0.316. The summed E-state index contributed by atoms with van der Waals surface area (Å²) in [5.41, 5.74) is 2.19. The van der Waals surface area contributed by atoms with Crippen LogP contribution in [-0.2, 0) is 0 Å². The SMILES string of the molecule is O=C(NCC1CCNCC1)c1ccccc1-c1cccc(Cl)c1Cl. The van der Waals surface area contributed by atoms with Gasteiger partial charge in [0.15, 0.2) is 0 Å². The van der Waals surface area contributed by atoms with Gasteiger partial charge in [-0.05, 0) is 49.5 Å². The minimum Gasteiger partial charge on any atom is -0.352 e. The van der Waals surface area contributed by atoms with Gasteiger partial charge in [-0.3, -0.25) is 4.79 Å². The predicted octanol–water partition coefficient (Wildman–Crippen LogP) is 4.39. The Morgan fingerprint density at radius 3 is 2.54 bits per heavy atom. The molecule has 0 radical (unpaired) electrons. The summed E-state index contributed by atoms with van der Waals surface area (Å²) in [5.74, 6) is 0.470. The van der Waals surface area contributed by atoms with Crippen LogP contribution in [0.1, 0.15) is 23.2 Å². The van der Waals surface area contributed by atoms with Crippen LogP contribution in [-0.4, -0.2) is 25.5 Å². The third-order valence-electron chi connectivity index (χ3n) is 4.42. The minimum absolute atomic E-state index is 0.0693. The van der Waals surface area contributed by atoms with Crippen molar-refractivity contribution in [1.82, 2.24) is 10.6 Å². The van der Waals surface area contributed by atoms with Crippen LogP contribution in [0.4, 0.5) is 0 Å². The van der Waals surface area contributed by atoms with Gasteiger partial charge in [0.05, 0.1) is 10.0 Å². The van der Waals surface area contributed by atoms with Crippen molar-refractivity contribution >= 4 is 29.1 Å². The molecule has 1 amide bonds. The highest BCUT2D eigenvalue weighted by molar-refractivity contribution is 6.43. The number of nitrogens with one attached hydrogen (secondary N) is 2. The van der Waals surface area contributed by atoms with Gasteiger partial charge >= 0.3 is 0 Å². The van der Waals surface area contributed by atoms with Crippen LogP contribution < -0.4 is 10.6 Å². The van der Waals surface area contributed by atoms with Crippen molar-refractivity contribution in [3.8, 4) is 11.1 Å². The van der Waals surface area contributed by atoms with Gasteiger partial charge in [0, 0.05) is 17.7 Å². The summed E-state index contributed by atoms with van der Waals surface area (Å²) in [6.45, 7) is 2.75. The zero-order chi connectivity index (χ0) is 16.9. The first-order valence-corrected chi connectivity index (χ1v) is 8.94. The Labute approximate surface area is 152 Å². The van der Waals surface area contributed by atoms with Crippen molar-refractivity contribution in [1.29, 1.82) is 0 Å². The monoisotopic (exact) mass is 362 g/mol. The molecule has 0 saturated carbocycles. The van der Waals surface area contributed by atoms with Crippen molar-refractivity contribution in [2.24, 2.45) is 5.92 Å². The number of amides is 1. The van der Waals surface area contributed by atoms with Gasteiger partial charge in [0.1, 0.15) is 0 Å². The van der Waals surface area contributed by atoms with Gasteiger partial charge in [0.25, 0.3) is 5.91 Å². The Bertz CT molecular complexity index is 727. The largest absolute Gasteiger partial charge is 0.352 e. The predicted molar refractivity (Wildman–Crippen MR) is 99.8 cm³/mol. The van der Waals surface area contributed by atoms with E-state index in [-0.39, 0.29) is 5.91 Å². The number of piperidine rings is 1. The molecule has 3 nitrogen and oxygen atoms in total. The molecular weight excluding hydrogens is 343 g/mol. The number of hydrogen-bond donors (Lipinski definition) is 2. The number of hydrogen-bond acceptors (Lipinski definition) is 2. The minimum atomic E-state index is -0.0693. The maximum atomic E-state index is 12.7. The summed E-state index contributed by atoms with van der Waals surface area (Å²) in [4.78, 5) is 12.7. The van der Waals surface area contributed by atoms with E-state index in [1.807, 2.05) is 36.4 Å². The molecule has 1 heterocycles. The third-order valence-corrected chi connectivity index (χ3v) is 5.24. The summed E-state index contributed by atoms with van der Waals surface area (Å²) in [5, 5.41) is 7.36. The molecule has 0 unspecified atom stereocenters. The first kappa shape index (κ1) is 17.3. The lowest BCUT2D eigenvalue weighted by molar-refractivity contribution is 0.0945. The molecule has 2 aromatic rings. The van der Waals surface area contributed by atoms with Crippen LogP contribution in [0.5, 0.6) is 0 Å². The Balaban J connectivity index is 1.80. The van der Waals surface area contributed by atoms with Crippen LogP contribution in [0.25, 0.3) is 11.1 Å². The highest BCUT2D eigenvalue weighted by atomic mass is 35.5. The molecule has 0 aliphatic carbocycles. The quantitative estimate of drug-likeness (QED) is 0.846. The molecule has 0 atom stereocenters. The van der Waals surface area contributed by atoms with Crippen molar-refractivity contribution in [3.63, 3.8) is 0 Å². The van der Waals surface area contributed by atoms with Crippen molar-refractivity contribution in [2.75, 3.05) is 19.6 Å². The first-order chi connectivity index (χ1) is 11.7. The van der Waals surface area contributed by atoms with E-state index in [9.17, 15) is 4.79 Å². The molecule has 2 N–H and O–H groups in total.